The lowest BCUT2D eigenvalue weighted by molar-refractivity contribution is 0.0859. The van der Waals surface area contributed by atoms with E-state index in [-0.39, 0.29) is 12.4 Å². The SMILES string of the molecule is COc1cccc(-c2nc(C(=O)NC(C)(C)CO)nn2-c2ccccc2)c1. The Labute approximate surface area is 157 Å². The molecule has 7 nitrogen and oxygen atoms in total. The van der Waals surface area contributed by atoms with Crippen LogP contribution in [0.2, 0.25) is 0 Å². The first kappa shape index (κ1) is 18.6. The van der Waals surface area contributed by atoms with E-state index < -0.39 is 11.4 Å². The maximum absolute atomic E-state index is 12.6. The van der Waals surface area contributed by atoms with Gasteiger partial charge in [-0.15, -0.1) is 5.10 Å². The van der Waals surface area contributed by atoms with Crippen LogP contribution in [0.3, 0.4) is 0 Å². The van der Waals surface area contributed by atoms with Crippen molar-refractivity contribution in [2.75, 3.05) is 13.7 Å². The molecule has 1 heterocycles. The van der Waals surface area contributed by atoms with Gasteiger partial charge in [0.1, 0.15) is 5.75 Å². The number of nitrogens with one attached hydrogen (secondary N) is 1. The molecular formula is C20H22N4O3. The van der Waals surface area contributed by atoms with Crippen molar-refractivity contribution in [2.45, 2.75) is 19.4 Å². The number of ether oxygens (including phenoxy) is 1. The molecule has 0 saturated carbocycles. The van der Waals surface area contributed by atoms with Gasteiger partial charge in [-0.25, -0.2) is 9.67 Å². The molecule has 3 aromatic rings. The van der Waals surface area contributed by atoms with Gasteiger partial charge in [0, 0.05) is 5.56 Å². The molecule has 2 aromatic carbocycles. The average Bonchev–Trinajstić information content (AvgIpc) is 3.14. The highest BCUT2D eigenvalue weighted by atomic mass is 16.5. The van der Waals surface area contributed by atoms with Gasteiger partial charge in [-0.3, -0.25) is 4.79 Å². The summed E-state index contributed by atoms with van der Waals surface area (Å²) in [5, 5.41) is 16.5. The smallest absolute Gasteiger partial charge is 0.291 e. The minimum atomic E-state index is -0.772. The first-order chi connectivity index (χ1) is 12.9. The summed E-state index contributed by atoms with van der Waals surface area (Å²) in [7, 11) is 1.59. The molecule has 3 rings (SSSR count). The van der Waals surface area contributed by atoms with Gasteiger partial charge in [0.05, 0.1) is 24.9 Å². The quantitative estimate of drug-likeness (QED) is 0.699. The molecule has 1 amide bonds. The minimum absolute atomic E-state index is 0.0261. The van der Waals surface area contributed by atoms with Gasteiger partial charge in [-0.1, -0.05) is 30.3 Å². The van der Waals surface area contributed by atoms with E-state index in [9.17, 15) is 9.90 Å². The summed E-state index contributed by atoms with van der Waals surface area (Å²) < 4.78 is 6.91. The van der Waals surface area contributed by atoms with Gasteiger partial charge in [-0.05, 0) is 38.1 Å². The number of aromatic nitrogens is 3. The molecule has 0 aliphatic heterocycles. The Morgan fingerprint density at radius 1 is 1.19 bits per heavy atom. The van der Waals surface area contributed by atoms with Gasteiger partial charge < -0.3 is 15.2 Å². The summed E-state index contributed by atoms with van der Waals surface area (Å²) in [6.07, 6.45) is 0. The average molecular weight is 366 g/mol. The largest absolute Gasteiger partial charge is 0.497 e. The molecule has 0 atom stereocenters. The number of carbonyl (C=O) groups excluding carboxylic acids is 1. The Bertz CT molecular complexity index is 935. The van der Waals surface area contributed by atoms with Crippen LogP contribution in [-0.2, 0) is 0 Å². The van der Waals surface area contributed by atoms with Crippen LogP contribution in [0, 0.1) is 0 Å². The van der Waals surface area contributed by atoms with E-state index in [0.717, 1.165) is 11.3 Å². The molecule has 0 fully saturated rings. The van der Waals surface area contributed by atoms with E-state index in [4.69, 9.17) is 4.74 Å². The molecule has 0 aliphatic rings. The van der Waals surface area contributed by atoms with E-state index in [1.54, 1.807) is 25.6 Å². The summed E-state index contributed by atoms with van der Waals surface area (Å²) in [6, 6.07) is 16.9. The fourth-order valence-corrected chi connectivity index (χ4v) is 2.51. The van der Waals surface area contributed by atoms with Crippen LogP contribution in [0.4, 0.5) is 0 Å². The molecule has 140 valence electrons. The Morgan fingerprint density at radius 3 is 2.59 bits per heavy atom. The highest BCUT2D eigenvalue weighted by molar-refractivity contribution is 5.91. The summed E-state index contributed by atoms with van der Waals surface area (Å²) in [6.45, 7) is 3.25. The standard InChI is InChI=1S/C20H22N4O3/c1-20(2,13-25)22-19(26)17-21-18(14-8-7-11-16(12-14)27-3)24(23-17)15-9-5-4-6-10-15/h4-12,25H,13H2,1-3H3,(H,22,26). The summed E-state index contributed by atoms with van der Waals surface area (Å²) >= 11 is 0. The third-order valence-electron chi connectivity index (χ3n) is 3.99. The van der Waals surface area contributed by atoms with Gasteiger partial charge in [0.25, 0.3) is 5.91 Å². The van der Waals surface area contributed by atoms with Crippen LogP contribution < -0.4 is 10.1 Å². The Morgan fingerprint density at radius 2 is 1.93 bits per heavy atom. The van der Waals surface area contributed by atoms with Crippen molar-refractivity contribution in [1.29, 1.82) is 0 Å². The summed E-state index contributed by atoms with van der Waals surface area (Å²) in [4.78, 5) is 17.0. The zero-order valence-electron chi connectivity index (χ0n) is 15.5. The number of benzene rings is 2. The van der Waals surface area contributed by atoms with Gasteiger partial charge in [0.15, 0.2) is 5.82 Å². The van der Waals surface area contributed by atoms with E-state index in [2.05, 4.69) is 15.4 Å². The highest BCUT2D eigenvalue weighted by Gasteiger charge is 2.24. The topological polar surface area (TPSA) is 89.3 Å². The van der Waals surface area contributed by atoms with Gasteiger partial charge in [-0.2, -0.15) is 0 Å². The number of para-hydroxylation sites is 1. The number of hydrogen-bond acceptors (Lipinski definition) is 5. The third kappa shape index (κ3) is 4.15. The second-order valence-electron chi connectivity index (χ2n) is 6.73. The predicted molar refractivity (Wildman–Crippen MR) is 102 cm³/mol. The number of carbonyl (C=O) groups is 1. The Kier molecular flexibility index (Phi) is 5.23. The lowest BCUT2D eigenvalue weighted by Crippen LogP contribution is -2.46. The lowest BCUT2D eigenvalue weighted by atomic mass is 10.1. The van der Waals surface area contributed by atoms with Crippen molar-refractivity contribution in [2.24, 2.45) is 0 Å². The number of nitrogens with zero attached hydrogens (tertiary/aromatic N) is 3. The fourth-order valence-electron chi connectivity index (χ4n) is 2.51. The van der Waals surface area contributed by atoms with E-state index in [1.165, 1.54) is 0 Å². The maximum Gasteiger partial charge on any atom is 0.291 e. The first-order valence-electron chi connectivity index (χ1n) is 8.54. The number of hydrogen-bond donors (Lipinski definition) is 2. The second kappa shape index (κ2) is 7.59. The molecule has 7 heteroatoms. The molecule has 0 saturated heterocycles. The number of rotatable bonds is 6. The summed E-state index contributed by atoms with van der Waals surface area (Å²) in [5.41, 5.74) is 0.778. The highest BCUT2D eigenvalue weighted by Crippen LogP contribution is 2.25. The van der Waals surface area contributed by atoms with Crippen LogP contribution in [0.1, 0.15) is 24.5 Å². The normalized spacial score (nSPS) is 11.3. The van der Waals surface area contributed by atoms with Gasteiger partial charge in [0.2, 0.25) is 5.82 Å². The summed E-state index contributed by atoms with van der Waals surface area (Å²) in [5.74, 6) is 0.778. The molecule has 27 heavy (non-hydrogen) atoms. The number of aliphatic hydroxyl groups excluding tert-OH is 1. The van der Waals surface area contributed by atoms with Crippen molar-refractivity contribution in [1.82, 2.24) is 20.1 Å². The van der Waals surface area contributed by atoms with Crippen molar-refractivity contribution in [3.63, 3.8) is 0 Å². The van der Waals surface area contributed by atoms with Crippen LogP contribution in [0.25, 0.3) is 17.1 Å². The maximum atomic E-state index is 12.6. The van der Waals surface area contributed by atoms with Crippen LogP contribution in [-0.4, -0.2) is 45.0 Å². The molecule has 0 bridgehead atoms. The number of amides is 1. The van der Waals surface area contributed by atoms with Crippen LogP contribution in [0.5, 0.6) is 5.75 Å². The van der Waals surface area contributed by atoms with Crippen molar-refractivity contribution in [3.05, 3.63) is 60.4 Å². The van der Waals surface area contributed by atoms with Crippen LogP contribution in [0.15, 0.2) is 54.6 Å². The lowest BCUT2D eigenvalue weighted by Gasteiger charge is -2.22. The molecule has 0 radical (unpaired) electrons. The van der Waals surface area contributed by atoms with Crippen molar-refractivity contribution >= 4 is 5.91 Å². The zero-order valence-corrected chi connectivity index (χ0v) is 15.5. The number of methoxy groups -OCH3 is 1. The molecular weight excluding hydrogens is 344 g/mol. The third-order valence-corrected chi connectivity index (χ3v) is 3.99. The molecule has 2 N–H and O–H groups in total. The van der Waals surface area contributed by atoms with Crippen molar-refractivity contribution < 1.29 is 14.6 Å². The monoisotopic (exact) mass is 366 g/mol. The number of aliphatic hydroxyl groups is 1. The zero-order chi connectivity index (χ0) is 19.4. The minimum Gasteiger partial charge on any atom is -0.497 e. The van der Waals surface area contributed by atoms with Gasteiger partial charge >= 0.3 is 0 Å². The van der Waals surface area contributed by atoms with E-state index >= 15 is 0 Å². The predicted octanol–water partition coefficient (Wildman–Crippen LogP) is 2.44. The first-order valence-corrected chi connectivity index (χ1v) is 8.54. The van der Waals surface area contributed by atoms with E-state index in [1.807, 2.05) is 54.6 Å². The fraction of sp³-hybridized carbons (Fsp3) is 0.250. The molecule has 1 aromatic heterocycles. The Balaban J connectivity index is 2.08. The molecule has 0 spiro atoms. The molecule has 0 unspecified atom stereocenters. The Hall–Kier alpha value is -3.19. The van der Waals surface area contributed by atoms with E-state index in [0.29, 0.717) is 11.6 Å². The second-order valence-corrected chi connectivity index (χ2v) is 6.73. The van der Waals surface area contributed by atoms with Crippen LogP contribution >= 0.6 is 0 Å². The molecule has 0 aliphatic carbocycles. The van der Waals surface area contributed by atoms with Crippen molar-refractivity contribution in [3.8, 4) is 22.8 Å².